The summed E-state index contributed by atoms with van der Waals surface area (Å²) in [5.41, 5.74) is 2.53. The number of carbonyl (C=O) groups is 1. The highest BCUT2D eigenvalue weighted by Crippen LogP contribution is 2.29. The molecule has 2 aromatic carbocycles. The summed E-state index contributed by atoms with van der Waals surface area (Å²) < 4.78 is 55.1. The predicted molar refractivity (Wildman–Crippen MR) is 112 cm³/mol. The molecule has 0 atom stereocenters. The molecule has 1 heterocycles. The molecule has 0 aliphatic carbocycles. The third kappa shape index (κ3) is 4.43. The van der Waals surface area contributed by atoms with Crippen molar-refractivity contribution in [1.29, 1.82) is 0 Å². The number of benzene rings is 2. The van der Waals surface area contributed by atoms with Crippen LogP contribution < -0.4 is 5.32 Å². The van der Waals surface area contributed by atoms with Crippen molar-refractivity contribution in [3.05, 3.63) is 70.8 Å². The van der Waals surface area contributed by atoms with Crippen LogP contribution in [0.25, 0.3) is 5.57 Å². The molecular formula is C21H23F2N3O3S. The topological polar surface area (TPSA) is 69.7 Å². The van der Waals surface area contributed by atoms with Crippen LogP contribution in [0.3, 0.4) is 0 Å². The molecular weight excluding hydrogens is 412 g/mol. The monoisotopic (exact) mass is 435 g/mol. The zero-order chi connectivity index (χ0) is 22.1. The second-order valence-electron chi connectivity index (χ2n) is 7.26. The zero-order valence-corrected chi connectivity index (χ0v) is 17.8. The molecule has 0 saturated heterocycles. The molecule has 0 bridgehead atoms. The van der Waals surface area contributed by atoms with E-state index in [1.807, 2.05) is 6.92 Å². The number of nitrogens with zero attached hydrogens (tertiary/aromatic N) is 2. The summed E-state index contributed by atoms with van der Waals surface area (Å²) in [6, 6.07) is 9.96. The van der Waals surface area contributed by atoms with Crippen LogP contribution in [0.4, 0.5) is 14.5 Å². The van der Waals surface area contributed by atoms with Crippen molar-refractivity contribution in [1.82, 2.24) is 8.61 Å². The minimum absolute atomic E-state index is 0.249. The molecule has 6 nitrogen and oxygen atoms in total. The minimum atomic E-state index is -3.52. The maximum atomic E-state index is 13.8. The van der Waals surface area contributed by atoms with Crippen molar-refractivity contribution in [3.63, 3.8) is 0 Å². The number of halogens is 2. The Morgan fingerprint density at radius 2 is 1.67 bits per heavy atom. The highest BCUT2D eigenvalue weighted by atomic mass is 32.2. The lowest BCUT2D eigenvalue weighted by Crippen LogP contribution is -2.43. The van der Waals surface area contributed by atoms with Crippen molar-refractivity contribution in [2.45, 2.75) is 13.3 Å². The molecule has 1 aliphatic heterocycles. The quantitative estimate of drug-likeness (QED) is 0.782. The first-order valence-corrected chi connectivity index (χ1v) is 10.7. The first kappa shape index (κ1) is 22.1. The average Bonchev–Trinajstić information content (AvgIpc) is 2.68. The number of carbonyl (C=O) groups excluding carboxylic acids is 1. The summed E-state index contributed by atoms with van der Waals surface area (Å²) >= 11 is 0. The van der Waals surface area contributed by atoms with Crippen molar-refractivity contribution in [2.24, 2.45) is 0 Å². The molecule has 160 valence electrons. The summed E-state index contributed by atoms with van der Waals surface area (Å²) in [6.07, 6.45) is 0.619. The van der Waals surface area contributed by atoms with E-state index in [1.54, 1.807) is 24.3 Å². The molecule has 0 fully saturated rings. The van der Waals surface area contributed by atoms with Crippen LogP contribution in [-0.4, -0.2) is 50.1 Å². The first-order valence-electron chi connectivity index (χ1n) is 9.33. The van der Waals surface area contributed by atoms with Gasteiger partial charge in [-0.2, -0.15) is 17.0 Å². The third-order valence-electron chi connectivity index (χ3n) is 5.05. The fourth-order valence-corrected chi connectivity index (χ4v) is 4.34. The summed E-state index contributed by atoms with van der Waals surface area (Å²) in [5, 5.41) is 2.48. The Balaban J connectivity index is 1.79. The van der Waals surface area contributed by atoms with Crippen molar-refractivity contribution < 1.29 is 22.0 Å². The Labute approximate surface area is 175 Å². The van der Waals surface area contributed by atoms with Gasteiger partial charge in [-0.25, -0.2) is 8.78 Å². The van der Waals surface area contributed by atoms with E-state index < -0.39 is 33.3 Å². The third-order valence-corrected chi connectivity index (χ3v) is 6.94. The molecule has 0 radical (unpaired) electrons. The second-order valence-corrected chi connectivity index (χ2v) is 9.40. The fourth-order valence-electron chi connectivity index (χ4n) is 3.26. The summed E-state index contributed by atoms with van der Waals surface area (Å²) in [7, 11) is -0.531. The molecule has 0 spiro atoms. The Hall–Kier alpha value is -2.62. The van der Waals surface area contributed by atoms with Gasteiger partial charge in [0.15, 0.2) is 0 Å². The highest BCUT2D eigenvalue weighted by Gasteiger charge is 2.29. The number of hydrogen-bond donors (Lipinski definition) is 1. The maximum absolute atomic E-state index is 13.8. The van der Waals surface area contributed by atoms with E-state index in [-0.39, 0.29) is 6.54 Å². The van der Waals surface area contributed by atoms with Gasteiger partial charge in [0.1, 0.15) is 17.2 Å². The SMILES string of the molecule is CC1=C(c2ccc(NC(=O)c3c(F)cccc3F)cc2)CN(S(=O)(=O)N(C)C)CC1. The van der Waals surface area contributed by atoms with Gasteiger partial charge in [-0.05, 0) is 48.7 Å². The van der Waals surface area contributed by atoms with E-state index in [0.717, 1.165) is 28.8 Å². The average molecular weight is 435 g/mol. The van der Waals surface area contributed by atoms with E-state index in [9.17, 15) is 22.0 Å². The highest BCUT2D eigenvalue weighted by molar-refractivity contribution is 7.86. The predicted octanol–water partition coefficient (Wildman–Crippen LogP) is 3.50. The van der Waals surface area contributed by atoms with Gasteiger partial charge in [0, 0.05) is 32.9 Å². The van der Waals surface area contributed by atoms with Gasteiger partial charge in [0.05, 0.1) is 0 Å². The van der Waals surface area contributed by atoms with E-state index in [0.29, 0.717) is 18.7 Å². The number of rotatable bonds is 5. The van der Waals surface area contributed by atoms with Gasteiger partial charge in [0.2, 0.25) is 0 Å². The van der Waals surface area contributed by atoms with Crippen LogP contribution in [0.1, 0.15) is 29.3 Å². The van der Waals surface area contributed by atoms with Crippen LogP contribution in [0.15, 0.2) is 48.0 Å². The van der Waals surface area contributed by atoms with E-state index in [1.165, 1.54) is 28.8 Å². The van der Waals surface area contributed by atoms with Crippen LogP contribution in [0, 0.1) is 11.6 Å². The summed E-state index contributed by atoms with van der Waals surface area (Å²) in [5.74, 6) is -2.75. The van der Waals surface area contributed by atoms with Gasteiger partial charge >= 0.3 is 0 Å². The molecule has 3 rings (SSSR count). The van der Waals surface area contributed by atoms with Crippen LogP contribution in [0.2, 0.25) is 0 Å². The summed E-state index contributed by atoms with van der Waals surface area (Å²) in [4.78, 5) is 12.2. The standard InChI is InChI=1S/C21H23F2N3O3S/c1-14-11-12-26(30(28,29)25(2)3)13-17(14)15-7-9-16(10-8-15)24-21(27)20-18(22)5-4-6-19(20)23/h4-10H,11-13H2,1-3H3,(H,24,27). The number of anilines is 1. The van der Waals surface area contributed by atoms with Crippen LogP contribution in [-0.2, 0) is 10.2 Å². The fraction of sp³-hybridized carbons (Fsp3) is 0.286. The van der Waals surface area contributed by atoms with Crippen LogP contribution >= 0.6 is 0 Å². The van der Waals surface area contributed by atoms with Gasteiger partial charge in [-0.3, -0.25) is 4.79 Å². The lowest BCUT2D eigenvalue weighted by Gasteiger charge is -2.31. The zero-order valence-electron chi connectivity index (χ0n) is 16.9. The van der Waals surface area contributed by atoms with Crippen LogP contribution in [0.5, 0.6) is 0 Å². The largest absolute Gasteiger partial charge is 0.322 e. The Morgan fingerprint density at radius 3 is 2.23 bits per heavy atom. The number of hydrogen-bond acceptors (Lipinski definition) is 3. The molecule has 1 amide bonds. The Bertz CT molecular complexity index is 1080. The van der Waals surface area contributed by atoms with E-state index in [2.05, 4.69) is 5.32 Å². The molecule has 9 heteroatoms. The molecule has 1 aliphatic rings. The van der Waals surface area contributed by atoms with Gasteiger partial charge in [-0.15, -0.1) is 0 Å². The van der Waals surface area contributed by atoms with Crippen molar-refractivity contribution in [2.75, 3.05) is 32.5 Å². The van der Waals surface area contributed by atoms with E-state index in [4.69, 9.17) is 0 Å². The van der Waals surface area contributed by atoms with Gasteiger partial charge in [-0.1, -0.05) is 23.8 Å². The molecule has 30 heavy (non-hydrogen) atoms. The lowest BCUT2D eigenvalue weighted by atomic mass is 9.96. The molecule has 0 aromatic heterocycles. The van der Waals surface area contributed by atoms with Gasteiger partial charge in [0.25, 0.3) is 16.1 Å². The minimum Gasteiger partial charge on any atom is -0.322 e. The molecule has 0 unspecified atom stereocenters. The molecule has 1 N–H and O–H groups in total. The Kier molecular flexibility index (Phi) is 6.35. The first-order chi connectivity index (χ1) is 14.1. The smallest absolute Gasteiger partial charge is 0.281 e. The summed E-state index contributed by atoms with van der Waals surface area (Å²) in [6.45, 7) is 2.63. The number of nitrogens with one attached hydrogen (secondary N) is 1. The Morgan fingerprint density at radius 1 is 1.07 bits per heavy atom. The molecule has 2 aromatic rings. The van der Waals surface area contributed by atoms with Crippen molar-refractivity contribution >= 4 is 27.4 Å². The van der Waals surface area contributed by atoms with E-state index >= 15 is 0 Å². The normalized spacial score (nSPS) is 15.5. The van der Waals surface area contributed by atoms with Crippen molar-refractivity contribution in [3.8, 4) is 0 Å². The number of amides is 1. The lowest BCUT2D eigenvalue weighted by molar-refractivity contribution is 0.101. The second kappa shape index (κ2) is 8.63. The maximum Gasteiger partial charge on any atom is 0.281 e. The van der Waals surface area contributed by atoms with Gasteiger partial charge < -0.3 is 5.32 Å². The molecule has 0 saturated carbocycles.